The summed E-state index contributed by atoms with van der Waals surface area (Å²) >= 11 is 0. The number of aromatic nitrogens is 2. The van der Waals surface area contributed by atoms with Crippen LogP contribution in [0.4, 0.5) is 0 Å². The van der Waals surface area contributed by atoms with Gasteiger partial charge < -0.3 is 10.1 Å². The highest BCUT2D eigenvalue weighted by Crippen LogP contribution is 2.24. The van der Waals surface area contributed by atoms with Crippen molar-refractivity contribution in [2.75, 3.05) is 6.54 Å². The molecule has 0 unspecified atom stereocenters. The molecule has 0 saturated carbocycles. The van der Waals surface area contributed by atoms with E-state index in [-0.39, 0.29) is 11.9 Å². The standard InChI is InChI=1S/C23H25N3O2/c1-16(2)12-13-24-22(27)18-8-10-20(11-9-18)28-23-25-14-19(15-26-23)21-7-5-4-6-17(21)3/h4-11,14-16H,12-13H2,1-3H3,(H,24,27). The Morgan fingerprint density at radius 1 is 1.04 bits per heavy atom. The Morgan fingerprint density at radius 2 is 1.71 bits per heavy atom. The molecule has 0 atom stereocenters. The van der Waals surface area contributed by atoms with E-state index >= 15 is 0 Å². The highest BCUT2D eigenvalue weighted by atomic mass is 16.5. The monoisotopic (exact) mass is 375 g/mol. The lowest BCUT2D eigenvalue weighted by Crippen LogP contribution is -2.25. The average Bonchev–Trinajstić information content (AvgIpc) is 2.69. The third kappa shape index (κ3) is 5.16. The number of ether oxygens (including phenoxy) is 1. The summed E-state index contributed by atoms with van der Waals surface area (Å²) in [5.74, 6) is 1.07. The molecule has 0 aliphatic rings. The maximum atomic E-state index is 12.1. The van der Waals surface area contributed by atoms with Crippen molar-refractivity contribution in [3.63, 3.8) is 0 Å². The number of hydrogen-bond donors (Lipinski definition) is 1. The summed E-state index contributed by atoms with van der Waals surface area (Å²) in [6.45, 7) is 7.00. The summed E-state index contributed by atoms with van der Waals surface area (Å²) in [5, 5.41) is 2.92. The number of hydrogen-bond acceptors (Lipinski definition) is 4. The molecule has 5 heteroatoms. The molecular formula is C23H25N3O2. The van der Waals surface area contributed by atoms with Gasteiger partial charge in [0.25, 0.3) is 5.91 Å². The summed E-state index contributed by atoms with van der Waals surface area (Å²) in [7, 11) is 0. The lowest BCUT2D eigenvalue weighted by atomic mass is 10.0. The molecule has 0 aliphatic carbocycles. The van der Waals surface area contributed by atoms with Gasteiger partial charge in [0.2, 0.25) is 0 Å². The molecule has 1 N–H and O–H groups in total. The third-order valence-corrected chi connectivity index (χ3v) is 4.42. The molecule has 3 aromatic rings. The Kier molecular flexibility index (Phi) is 6.37. The quantitative estimate of drug-likeness (QED) is 0.630. The van der Waals surface area contributed by atoms with Gasteiger partial charge in [0, 0.05) is 30.1 Å². The molecule has 5 nitrogen and oxygen atoms in total. The predicted octanol–water partition coefficient (Wildman–Crippen LogP) is 5.02. The Bertz CT molecular complexity index is 919. The minimum Gasteiger partial charge on any atom is -0.424 e. The molecule has 0 bridgehead atoms. The van der Waals surface area contributed by atoms with Gasteiger partial charge in [-0.3, -0.25) is 4.79 Å². The van der Waals surface area contributed by atoms with E-state index in [1.54, 1.807) is 36.7 Å². The second-order valence-corrected chi connectivity index (χ2v) is 7.13. The number of rotatable bonds is 7. The van der Waals surface area contributed by atoms with E-state index in [9.17, 15) is 4.79 Å². The van der Waals surface area contributed by atoms with Crippen molar-refractivity contribution in [1.29, 1.82) is 0 Å². The van der Waals surface area contributed by atoms with Crippen LogP contribution in [0.2, 0.25) is 0 Å². The van der Waals surface area contributed by atoms with Gasteiger partial charge in [-0.2, -0.15) is 0 Å². The molecule has 1 amide bonds. The van der Waals surface area contributed by atoms with E-state index in [1.807, 2.05) is 18.2 Å². The number of amides is 1. The van der Waals surface area contributed by atoms with Crippen LogP contribution in [0, 0.1) is 12.8 Å². The molecule has 1 aromatic heterocycles. The number of nitrogens with one attached hydrogen (secondary N) is 1. The zero-order chi connectivity index (χ0) is 19.9. The SMILES string of the molecule is Cc1ccccc1-c1cnc(Oc2ccc(C(=O)NCCC(C)C)cc2)nc1. The fraction of sp³-hybridized carbons (Fsp3) is 0.261. The van der Waals surface area contributed by atoms with Gasteiger partial charge in [-0.1, -0.05) is 38.1 Å². The fourth-order valence-electron chi connectivity index (χ4n) is 2.76. The van der Waals surface area contributed by atoms with E-state index < -0.39 is 0 Å². The van der Waals surface area contributed by atoms with Gasteiger partial charge in [0.15, 0.2) is 0 Å². The first-order valence-corrected chi connectivity index (χ1v) is 9.47. The molecule has 0 saturated heterocycles. The highest BCUT2D eigenvalue weighted by Gasteiger charge is 2.08. The first kappa shape index (κ1) is 19.5. The van der Waals surface area contributed by atoms with Crippen LogP contribution in [-0.2, 0) is 0 Å². The normalized spacial score (nSPS) is 10.7. The zero-order valence-electron chi connectivity index (χ0n) is 16.5. The van der Waals surface area contributed by atoms with Crippen LogP contribution in [-0.4, -0.2) is 22.4 Å². The molecule has 1 heterocycles. The number of benzene rings is 2. The molecule has 3 rings (SSSR count). The largest absolute Gasteiger partial charge is 0.424 e. The van der Waals surface area contributed by atoms with E-state index in [0.717, 1.165) is 17.5 Å². The maximum absolute atomic E-state index is 12.1. The third-order valence-electron chi connectivity index (χ3n) is 4.42. The molecule has 2 aromatic carbocycles. The van der Waals surface area contributed by atoms with Crippen LogP contribution < -0.4 is 10.1 Å². The number of aryl methyl sites for hydroxylation is 1. The van der Waals surface area contributed by atoms with Gasteiger partial charge in [-0.05, 0) is 54.7 Å². The Hall–Kier alpha value is -3.21. The second-order valence-electron chi connectivity index (χ2n) is 7.13. The summed E-state index contributed by atoms with van der Waals surface area (Å²) in [4.78, 5) is 20.7. The highest BCUT2D eigenvalue weighted by molar-refractivity contribution is 5.94. The molecular weight excluding hydrogens is 350 g/mol. The fourth-order valence-corrected chi connectivity index (χ4v) is 2.76. The summed E-state index contributed by atoms with van der Waals surface area (Å²) < 4.78 is 5.69. The minimum atomic E-state index is -0.0777. The molecule has 28 heavy (non-hydrogen) atoms. The van der Waals surface area contributed by atoms with E-state index in [4.69, 9.17) is 4.74 Å². The van der Waals surface area contributed by atoms with Crippen LogP contribution >= 0.6 is 0 Å². The molecule has 0 spiro atoms. The van der Waals surface area contributed by atoms with Gasteiger partial charge >= 0.3 is 6.01 Å². The van der Waals surface area contributed by atoms with Crippen molar-refractivity contribution < 1.29 is 9.53 Å². The predicted molar refractivity (Wildman–Crippen MR) is 111 cm³/mol. The lowest BCUT2D eigenvalue weighted by Gasteiger charge is -2.09. The maximum Gasteiger partial charge on any atom is 0.321 e. The van der Waals surface area contributed by atoms with Crippen LogP contribution in [0.25, 0.3) is 11.1 Å². The van der Waals surface area contributed by atoms with Gasteiger partial charge in [-0.15, -0.1) is 0 Å². The zero-order valence-corrected chi connectivity index (χ0v) is 16.5. The number of carbonyl (C=O) groups is 1. The van der Waals surface area contributed by atoms with Crippen molar-refractivity contribution in [2.45, 2.75) is 27.2 Å². The van der Waals surface area contributed by atoms with E-state index in [1.165, 1.54) is 5.56 Å². The van der Waals surface area contributed by atoms with E-state index in [2.05, 4.69) is 42.1 Å². The van der Waals surface area contributed by atoms with Crippen LogP contribution in [0.3, 0.4) is 0 Å². The molecule has 0 fully saturated rings. The van der Waals surface area contributed by atoms with Crippen LogP contribution in [0.15, 0.2) is 60.9 Å². The number of nitrogens with zero attached hydrogens (tertiary/aromatic N) is 2. The second kappa shape index (κ2) is 9.13. The molecule has 0 aliphatic heterocycles. The van der Waals surface area contributed by atoms with Gasteiger partial charge in [0.05, 0.1) is 0 Å². The Labute approximate surface area is 165 Å². The summed E-state index contributed by atoms with van der Waals surface area (Å²) in [6, 6.07) is 15.3. The van der Waals surface area contributed by atoms with Crippen molar-refractivity contribution >= 4 is 5.91 Å². The Morgan fingerprint density at radius 3 is 2.36 bits per heavy atom. The number of carbonyl (C=O) groups excluding carboxylic acids is 1. The van der Waals surface area contributed by atoms with Crippen molar-refractivity contribution in [3.8, 4) is 22.9 Å². The lowest BCUT2D eigenvalue weighted by molar-refractivity contribution is 0.0952. The molecule has 0 radical (unpaired) electrons. The van der Waals surface area contributed by atoms with Crippen LogP contribution in [0.1, 0.15) is 36.2 Å². The van der Waals surface area contributed by atoms with Gasteiger partial charge in [-0.25, -0.2) is 9.97 Å². The van der Waals surface area contributed by atoms with Crippen molar-refractivity contribution in [3.05, 3.63) is 72.1 Å². The molecule has 144 valence electrons. The smallest absolute Gasteiger partial charge is 0.321 e. The minimum absolute atomic E-state index is 0.0777. The van der Waals surface area contributed by atoms with Crippen molar-refractivity contribution in [2.24, 2.45) is 5.92 Å². The van der Waals surface area contributed by atoms with E-state index in [0.29, 0.717) is 23.8 Å². The summed E-state index contributed by atoms with van der Waals surface area (Å²) in [5.41, 5.74) is 3.81. The average molecular weight is 375 g/mol. The van der Waals surface area contributed by atoms with Crippen LogP contribution in [0.5, 0.6) is 11.8 Å². The van der Waals surface area contributed by atoms with Gasteiger partial charge in [0.1, 0.15) is 5.75 Å². The first-order chi connectivity index (χ1) is 13.5. The topological polar surface area (TPSA) is 64.1 Å². The first-order valence-electron chi connectivity index (χ1n) is 9.47. The van der Waals surface area contributed by atoms with Crippen molar-refractivity contribution in [1.82, 2.24) is 15.3 Å². The summed E-state index contributed by atoms with van der Waals surface area (Å²) in [6.07, 6.45) is 4.46. The Balaban J connectivity index is 1.61.